The van der Waals surface area contributed by atoms with E-state index in [2.05, 4.69) is 15.9 Å². The van der Waals surface area contributed by atoms with Gasteiger partial charge in [-0.3, -0.25) is 0 Å². The maximum Gasteiger partial charge on any atom is 0.131 e. The second kappa shape index (κ2) is 4.65. The van der Waals surface area contributed by atoms with Gasteiger partial charge >= 0.3 is 0 Å². The van der Waals surface area contributed by atoms with E-state index in [9.17, 15) is 4.39 Å². The molecule has 1 nitrogen and oxygen atoms in total. The molecule has 0 spiro atoms. The zero-order valence-electron chi connectivity index (χ0n) is 8.71. The molecule has 4 heteroatoms. The summed E-state index contributed by atoms with van der Waals surface area (Å²) in [6, 6.07) is 8.79. The van der Waals surface area contributed by atoms with Crippen molar-refractivity contribution in [1.82, 2.24) is 0 Å². The first kappa shape index (κ1) is 11.8. The molecule has 2 aromatic rings. The van der Waals surface area contributed by atoms with Crippen LogP contribution in [0.3, 0.4) is 0 Å². The average molecular weight is 300 g/mol. The van der Waals surface area contributed by atoms with Crippen molar-refractivity contribution in [2.45, 2.75) is 13.0 Å². The van der Waals surface area contributed by atoms with E-state index < -0.39 is 0 Å². The van der Waals surface area contributed by atoms with Gasteiger partial charge in [0, 0.05) is 25.8 Å². The molecule has 1 atom stereocenters. The molecule has 0 bridgehead atoms. The number of hydrogen-bond donors (Lipinski definition) is 1. The molecular formula is C12H11BrFNS. The van der Waals surface area contributed by atoms with Gasteiger partial charge in [0.15, 0.2) is 0 Å². The van der Waals surface area contributed by atoms with E-state index in [1.807, 2.05) is 19.1 Å². The van der Waals surface area contributed by atoms with Crippen LogP contribution in [0.1, 0.15) is 17.8 Å². The second-order valence-corrected chi connectivity index (χ2v) is 5.65. The minimum absolute atomic E-state index is 0.00559. The maximum absolute atomic E-state index is 13.6. The fourth-order valence-corrected chi connectivity index (χ4v) is 2.77. The third-order valence-corrected chi connectivity index (χ3v) is 4.08. The van der Waals surface area contributed by atoms with Crippen LogP contribution < -0.4 is 5.73 Å². The molecule has 0 aliphatic heterocycles. The first-order valence-electron chi connectivity index (χ1n) is 4.88. The Morgan fingerprint density at radius 2 is 2.06 bits per heavy atom. The van der Waals surface area contributed by atoms with Crippen molar-refractivity contribution in [2.75, 3.05) is 0 Å². The van der Waals surface area contributed by atoms with Crippen molar-refractivity contribution in [1.29, 1.82) is 0 Å². The van der Waals surface area contributed by atoms with Crippen molar-refractivity contribution in [3.63, 3.8) is 0 Å². The molecule has 0 amide bonds. The Hall–Kier alpha value is -0.710. The minimum atomic E-state index is -0.207. The van der Waals surface area contributed by atoms with Gasteiger partial charge in [0.2, 0.25) is 0 Å². The summed E-state index contributed by atoms with van der Waals surface area (Å²) in [6.45, 7) is 1.92. The number of rotatable bonds is 2. The molecule has 1 aromatic carbocycles. The second-order valence-electron chi connectivity index (χ2n) is 3.61. The SMILES string of the molecule is CC(N)c1ccc(-c2cc(Br)ccc2F)s1. The fraction of sp³-hybridized carbons (Fsp3) is 0.167. The lowest BCUT2D eigenvalue weighted by atomic mass is 10.2. The molecule has 0 radical (unpaired) electrons. The third-order valence-electron chi connectivity index (χ3n) is 2.27. The molecule has 1 aromatic heterocycles. The summed E-state index contributed by atoms with van der Waals surface area (Å²) >= 11 is 4.87. The summed E-state index contributed by atoms with van der Waals surface area (Å²) in [5, 5.41) is 0. The fourth-order valence-electron chi connectivity index (χ4n) is 1.43. The predicted molar refractivity (Wildman–Crippen MR) is 70.0 cm³/mol. The molecule has 0 aliphatic carbocycles. The maximum atomic E-state index is 13.6. The standard InChI is InChI=1S/C12H11BrFNS/c1-7(15)11-4-5-12(16-11)9-6-8(13)2-3-10(9)14/h2-7H,15H2,1H3. The van der Waals surface area contributed by atoms with Gasteiger partial charge in [0.25, 0.3) is 0 Å². The van der Waals surface area contributed by atoms with Crippen molar-refractivity contribution in [3.8, 4) is 10.4 Å². The third kappa shape index (κ3) is 2.34. The van der Waals surface area contributed by atoms with Gasteiger partial charge in [-0.15, -0.1) is 11.3 Å². The summed E-state index contributed by atoms with van der Waals surface area (Å²) < 4.78 is 14.5. The van der Waals surface area contributed by atoms with E-state index in [1.165, 1.54) is 17.4 Å². The topological polar surface area (TPSA) is 26.0 Å². The highest BCUT2D eigenvalue weighted by atomic mass is 79.9. The zero-order valence-corrected chi connectivity index (χ0v) is 11.1. The van der Waals surface area contributed by atoms with Gasteiger partial charge < -0.3 is 5.73 Å². The Bertz CT molecular complexity index is 507. The number of halogens is 2. The molecule has 84 valence electrons. The van der Waals surface area contributed by atoms with Crippen LogP contribution in [-0.4, -0.2) is 0 Å². The highest BCUT2D eigenvalue weighted by molar-refractivity contribution is 9.10. The minimum Gasteiger partial charge on any atom is -0.324 e. The van der Waals surface area contributed by atoms with Crippen molar-refractivity contribution < 1.29 is 4.39 Å². The molecule has 1 heterocycles. The normalized spacial score (nSPS) is 12.8. The molecule has 2 N–H and O–H groups in total. The summed E-state index contributed by atoms with van der Waals surface area (Å²) in [5.41, 5.74) is 6.40. The van der Waals surface area contributed by atoms with Crippen molar-refractivity contribution in [2.24, 2.45) is 5.73 Å². The first-order chi connectivity index (χ1) is 7.58. The van der Waals surface area contributed by atoms with Crippen molar-refractivity contribution in [3.05, 3.63) is 45.5 Å². The molecule has 1 unspecified atom stereocenters. The number of hydrogen-bond acceptors (Lipinski definition) is 2. The van der Waals surface area contributed by atoms with Crippen LogP contribution >= 0.6 is 27.3 Å². The molecule has 0 saturated carbocycles. The highest BCUT2D eigenvalue weighted by Gasteiger charge is 2.10. The molecule has 16 heavy (non-hydrogen) atoms. The number of nitrogens with two attached hydrogens (primary N) is 1. The van der Waals surface area contributed by atoms with Crippen molar-refractivity contribution >= 4 is 27.3 Å². The van der Waals surface area contributed by atoms with Gasteiger partial charge in [-0.1, -0.05) is 15.9 Å². The lowest BCUT2D eigenvalue weighted by Gasteiger charge is -2.01. The highest BCUT2D eigenvalue weighted by Crippen LogP contribution is 2.33. The largest absolute Gasteiger partial charge is 0.324 e. The number of benzene rings is 1. The summed E-state index contributed by atoms with van der Waals surface area (Å²) in [4.78, 5) is 1.97. The van der Waals surface area contributed by atoms with E-state index >= 15 is 0 Å². The van der Waals surface area contributed by atoms with E-state index in [-0.39, 0.29) is 11.9 Å². The Balaban J connectivity index is 2.46. The first-order valence-corrected chi connectivity index (χ1v) is 6.49. The van der Waals surface area contributed by atoms with Crippen LogP contribution in [0.2, 0.25) is 0 Å². The molecule has 0 fully saturated rings. The lowest BCUT2D eigenvalue weighted by molar-refractivity contribution is 0.631. The quantitative estimate of drug-likeness (QED) is 0.877. The van der Waals surface area contributed by atoms with Crippen LogP contribution in [-0.2, 0) is 0 Å². The Morgan fingerprint density at radius 1 is 1.31 bits per heavy atom. The van der Waals surface area contributed by atoms with E-state index in [0.717, 1.165) is 14.2 Å². The Labute approximate surface area is 106 Å². The molecular weight excluding hydrogens is 289 g/mol. The molecule has 2 rings (SSSR count). The lowest BCUT2D eigenvalue weighted by Crippen LogP contribution is -2.01. The van der Waals surface area contributed by atoms with Gasteiger partial charge in [0.05, 0.1) is 0 Å². The van der Waals surface area contributed by atoms with Crippen LogP contribution in [0.4, 0.5) is 4.39 Å². The molecule has 0 aliphatic rings. The molecule has 0 saturated heterocycles. The van der Waals surface area contributed by atoms with E-state index in [4.69, 9.17) is 5.73 Å². The smallest absolute Gasteiger partial charge is 0.131 e. The summed E-state index contributed by atoms with van der Waals surface area (Å²) in [6.07, 6.45) is 0. The Kier molecular flexibility index (Phi) is 3.42. The van der Waals surface area contributed by atoms with Gasteiger partial charge in [0.1, 0.15) is 5.82 Å². The van der Waals surface area contributed by atoms with E-state index in [1.54, 1.807) is 12.1 Å². The summed E-state index contributed by atoms with van der Waals surface area (Å²) in [5.74, 6) is -0.207. The monoisotopic (exact) mass is 299 g/mol. The van der Waals surface area contributed by atoms with Gasteiger partial charge in [-0.2, -0.15) is 0 Å². The van der Waals surface area contributed by atoms with Gasteiger partial charge in [-0.05, 0) is 37.3 Å². The van der Waals surface area contributed by atoms with Crippen LogP contribution in [0.5, 0.6) is 0 Å². The average Bonchev–Trinajstić information content (AvgIpc) is 2.70. The predicted octanol–water partition coefficient (Wildman–Crippen LogP) is 4.34. The van der Waals surface area contributed by atoms with Crippen LogP contribution in [0.25, 0.3) is 10.4 Å². The van der Waals surface area contributed by atoms with E-state index in [0.29, 0.717) is 5.56 Å². The zero-order chi connectivity index (χ0) is 11.7. The van der Waals surface area contributed by atoms with Crippen LogP contribution in [0, 0.1) is 5.82 Å². The van der Waals surface area contributed by atoms with Crippen LogP contribution in [0.15, 0.2) is 34.8 Å². The Morgan fingerprint density at radius 3 is 2.69 bits per heavy atom. The van der Waals surface area contributed by atoms with Gasteiger partial charge in [-0.25, -0.2) is 4.39 Å². The number of thiophene rings is 1. The summed E-state index contributed by atoms with van der Waals surface area (Å²) in [7, 11) is 0.